The van der Waals surface area contributed by atoms with Crippen molar-refractivity contribution in [1.29, 1.82) is 0 Å². The molecule has 2 atom stereocenters. The van der Waals surface area contributed by atoms with Crippen LogP contribution in [0.5, 0.6) is 0 Å². The van der Waals surface area contributed by atoms with Crippen LogP contribution in [0.15, 0.2) is 58.5 Å². The van der Waals surface area contributed by atoms with E-state index in [1.54, 1.807) is 36.4 Å². The number of hydrogen-bond acceptors (Lipinski definition) is 6. The molecule has 0 amide bonds. The lowest BCUT2D eigenvalue weighted by molar-refractivity contribution is -0.384. The molecule has 0 N–H and O–H groups in total. The molecule has 156 valence electrons. The molecule has 3 fully saturated rings. The SMILES string of the molecule is Cc1ccc(S(=O)(=O)N2N=C3C4CCN(CC4)[C@H]3[C@H]2c2cccc([N+](=O)[O-])c2)cc1. The van der Waals surface area contributed by atoms with Crippen molar-refractivity contribution in [2.75, 3.05) is 13.1 Å². The lowest BCUT2D eigenvalue weighted by atomic mass is 9.78. The predicted molar refractivity (Wildman–Crippen MR) is 112 cm³/mol. The number of hydrogen-bond donors (Lipinski definition) is 0. The van der Waals surface area contributed by atoms with E-state index in [1.807, 2.05) is 6.92 Å². The van der Waals surface area contributed by atoms with E-state index >= 15 is 0 Å². The third-order valence-electron chi connectivity index (χ3n) is 6.38. The Morgan fingerprint density at radius 2 is 1.77 bits per heavy atom. The normalized spacial score (nSPS) is 27.6. The Labute approximate surface area is 175 Å². The van der Waals surface area contributed by atoms with Gasteiger partial charge in [-0.3, -0.25) is 15.0 Å². The van der Waals surface area contributed by atoms with E-state index in [1.165, 1.54) is 16.5 Å². The van der Waals surface area contributed by atoms with E-state index < -0.39 is 21.0 Å². The third kappa shape index (κ3) is 2.92. The molecule has 8 nitrogen and oxygen atoms in total. The van der Waals surface area contributed by atoms with Crippen molar-refractivity contribution < 1.29 is 13.3 Å². The topological polar surface area (TPSA) is 96.1 Å². The number of hydrazone groups is 1. The van der Waals surface area contributed by atoms with Gasteiger partial charge in [-0.05, 0) is 50.6 Å². The summed E-state index contributed by atoms with van der Waals surface area (Å²) in [6.07, 6.45) is 1.94. The number of rotatable bonds is 4. The molecule has 30 heavy (non-hydrogen) atoms. The highest BCUT2D eigenvalue weighted by atomic mass is 32.2. The fraction of sp³-hybridized carbons (Fsp3) is 0.381. The number of non-ortho nitro benzene ring substituents is 1. The predicted octanol–water partition coefficient (Wildman–Crippen LogP) is 3.10. The zero-order chi connectivity index (χ0) is 21.0. The summed E-state index contributed by atoms with van der Waals surface area (Å²) in [7, 11) is -3.91. The zero-order valence-corrected chi connectivity index (χ0v) is 17.3. The summed E-state index contributed by atoms with van der Waals surface area (Å²) in [5, 5.41) is 16.0. The van der Waals surface area contributed by atoms with Crippen LogP contribution in [0.3, 0.4) is 0 Å². The van der Waals surface area contributed by atoms with Gasteiger partial charge >= 0.3 is 0 Å². The average molecular weight is 426 g/mol. The molecular formula is C21H22N4O4S. The molecule has 4 aliphatic rings. The van der Waals surface area contributed by atoms with Crippen LogP contribution in [-0.4, -0.2) is 47.5 Å². The van der Waals surface area contributed by atoms with Gasteiger partial charge in [0.1, 0.15) is 6.04 Å². The molecule has 2 aromatic carbocycles. The molecule has 0 unspecified atom stereocenters. The smallest absolute Gasteiger partial charge is 0.279 e. The maximum Gasteiger partial charge on any atom is 0.279 e. The van der Waals surface area contributed by atoms with Crippen molar-refractivity contribution >= 4 is 21.4 Å². The van der Waals surface area contributed by atoms with Crippen LogP contribution in [0.1, 0.15) is 30.0 Å². The second-order valence-electron chi connectivity index (χ2n) is 8.17. The van der Waals surface area contributed by atoms with Crippen LogP contribution in [0.2, 0.25) is 0 Å². The summed E-state index contributed by atoms with van der Waals surface area (Å²) in [6, 6.07) is 12.2. The summed E-state index contributed by atoms with van der Waals surface area (Å²) in [6.45, 7) is 3.67. The van der Waals surface area contributed by atoms with Crippen molar-refractivity contribution in [2.24, 2.45) is 11.0 Å². The molecule has 4 aliphatic heterocycles. The number of aryl methyl sites for hydroxylation is 1. The maximum absolute atomic E-state index is 13.6. The van der Waals surface area contributed by atoms with E-state index in [-0.39, 0.29) is 22.5 Å². The van der Waals surface area contributed by atoms with Gasteiger partial charge in [0.15, 0.2) is 0 Å². The molecule has 2 aromatic rings. The van der Waals surface area contributed by atoms with Crippen LogP contribution >= 0.6 is 0 Å². The third-order valence-corrected chi connectivity index (χ3v) is 8.05. The van der Waals surface area contributed by atoms with Gasteiger partial charge in [-0.15, -0.1) is 0 Å². The summed E-state index contributed by atoms with van der Waals surface area (Å²) < 4.78 is 28.4. The monoisotopic (exact) mass is 426 g/mol. The first kappa shape index (κ1) is 19.2. The Kier molecular flexibility index (Phi) is 4.41. The lowest BCUT2D eigenvalue weighted by Gasteiger charge is -2.45. The molecule has 0 radical (unpaired) electrons. The van der Waals surface area contributed by atoms with Crippen molar-refractivity contribution in [3.63, 3.8) is 0 Å². The summed E-state index contributed by atoms with van der Waals surface area (Å²) in [4.78, 5) is 13.3. The Hall–Kier alpha value is -2.78. The maximum atomic E-state index is 13.6. The molecule has 0 aliphatic carbocycles. The Balaban J connectivity index is 1.65. The number of nitro benzene ring substituents is 1. The molecule has 6 rings (SSSR count). The van der Waals surface area contributed by atoms with Crippen LogP contribution in [0, 0.1) is 23.0 Å². The highest BCUT2D eigenvalue weighted by molar-refractivity contribution is 7.89. The molecule has 9 heteroatoms. The van der Waals surface area contributed by atoms with Crippen molar-refractivity contribution in [3.8, 4) is 0 Å². The standard InChI is InChI=1S/C21H22N4O4S/c1-14-5-7-18(8-6-14)30(28,29)24-20(16-3-2-4-17(13-16)25(26)27)21-19(22-24)15-9-11-23(21)12-10-15/h2-8,13,15,20-21H,9-12H2,1H3/t20-,21-/m1/s1. The van der Waals surface area contributed by atoms with E-state index in [0.717, 1.165) is 37.2 Å². The summed E-state index contributed by atoms with van der Waals surface area (Å²) in [5.41, 5.74) is 2.40. The van der Waals surface area contributed by atoms with Gasteiger partial charge in [-0.1, -0.05) is 29.8 Å². The van der Waals surface area contributed by atoms with Gasteiger partial charge in [0.25, 0.3) is 15.7 Å². The van der Waals surface area contributed by atoms with Crippen molar-refractivity contribution in [1.82, 2.24) is 9.31 Å². The molecule has 2 bridgehead atoms. The number of nitro groups is 1. The number of nitrogens with zero attached hydrogens (tertiary/aromatic N) is 4. The van der Waals surface area contributed by atoms with E-state index in [4.69, 9.17) is 0 Å². The first-order valence-corrected chi connectivity index (χ1v) is 11.5. The number of benzene rings is 2. The largest absolute Gasteiger partial charge is 0.293 e. The van der Waals surface area contributed by atoms with Crippen molar-refractivity contribution in [3.05, 3.63) is 69.8 Å². The van der Waals surface area contributed by atoms with Gasteiger partial charge in [0.2, 0.25) is 0 Å². The van der Waals surface area contributed by atoms with Gasteiger partial charge < -0.3 is 0 Å². The summed E-state index contributed by atoms with van der Waals surface area (Å²) >= 11 is 0. The average Bonchev–Trinajstić information content (AvgIpc) is 3.19. The number of sulfonamides is 1. The van der Waals surface area contributed by atoms with E-state index in [0.29, 0.717) is 5.56 Å². The first-order chi connectivity index (χ1) is 14.4. The lowest BCUT2D eigenvalue weighted by Crippen LogP contribution is -2.56. The second kappa shape index (κ2) is 6.88. The summed E-state index contributed by atoms with van der Waals surface area (Å²) in [5.74, 6) is 0.263. The van der Waals surface area contributed by atoms with Crippen LogP contribution in [-0.2, 0) is 10.0 Å². The number of piperidine rings is 3. The molecule has 0 saturated carbocycles. The van der Waals surface area contributed by atoms with Gasteiger partial charge in [0, 0.05) is 18.1 Å². The molecule has 4 heterocycles. The molecule has 3 saturated heterocycles. The number of fused-ring (bicyclic) bond motifs is 2. The van der Waals surface area contributed by atoms with Crippen LogP contribution in [0.25, 0.3) is 0 Å². The van der Waals surface area contributed by atoms with Gasteiger partial charge in [0.05, 0.1) is 21.6 Å². The quantitative estimate of drug-likeness (QED) is 0.553. The first-order valence-electron chi connectivity index (χ1n) is 10.0. The molecular weight excluding hydrogens is 404 g/mol. The Bertz CT molecular complexity index is 1140. The van der Waals surface area contributed by atoms with Gasteiger partial charge in [-0.2, -0.15) is 17.9 Å². The minimum Gasteiger partial charge on any atom is -0.293 e. The fourth-order valence-corrected chi connectivity index (χ4v) is 6.29. The fourth-order valence-electron chi connectivity index (χ4n) is 4.85. The van der Waals surface area contributed by atoms with Crippen LogP contribution in [0.4, 0.5) is 5.69 Å². The van der Waals surface area contributed by atoms with E-state index in [2.05, 4.69) is 10.0 Å². The van der Waals surface area contributed by atoms with E-state index in [9.17, 15) is 18.5 Å². The van der Waals surface area contributed by atoms with Crippen molar-refractivity contribution in [2.45, 2.75) is 36.7 Å². The highest BCUT2D eigenvalue weighted by Gasteiger charge is 2.53. The second-order valence-corrected chi connectivity index (χ2v) is 9.96. The van der Waals surface area contributed by atoms with Crippen LogP contribution < -0.4 is 0 Å². The zero-order valence-electron chi connectivity index (χ0n) is 16.5. The van der Waals surface area contributed by atoms with Gasteiger partial charge in [-0.25, -0.2) is 0 Å². The molecule has 0 spiro atoms. The minimum atomic E-state index is -3.91. The molecule has 0 aromatic heterocycles. The highest BCUT2D eigenvalue weighted by Crippen LogP contribution is 2.45. The Morgan fingerprint density at radius 1 is 1.07 bits per heavy atom. The Morgan fingerprint density at radius 3 is 2.43 bits per heavy atom. The minimum absolute atomic E-state index is 0.0513.